The molecule has 1 N–H and O–H groups in total. The zero-order valence-corrected chi connectivity index (χ0v) is 11.6. The second kappa shape index (κ2) is 6.09. The molecule has 3 heteroatoms. The molecule has 1 aromatic carbocycles. The van der Waals surface area contributed by atoms with E-state index < -0.39 is 5.97 Å². The topological polar surface area (TPSA) is 46.5 Å². The monoisotopic (exact) mass is 262 g/mol. The van der Waals surface area contributed by atoms with Crippen LogP contribution in [-0.2, 0) is 4.79 Å². The molecule has 0 amide bonds. The van der Waals surface area contributed by atoms with E-state index in [9.17, 15) is 4.79 Å². The Morgan fingerprint density at radius 2 is 1.74 bits per heavy atom. The first kappa shape index (κ1) is 13.9. The van der Waals surface area contributed by atoms with Gasteiger partial charge in [-0.15, -0.1) is 0 Å². The third-order valence-electron chi connectivity index (χ3n) is 3.80. The molecule has 0 bridgehead atoms. The highest BCUT2D eigenvalue weighted by atomic mass is 16.5. The number of hydrogen-bond donors (Lipinski definition) is 1. The SMILES string of the molecule is CC(C)Oc1ccc(C2CCC(C(=O)O)CC2)cc1. The average molecular weight is 262 g/mol. The number of benzene rings is 1. The fraction of sp³-hybridized carbons (Fsp3) is 0.562. The van der Waals surface area contributed by atoms with Gasteiger partial charge in [0, 0.05) is 0 Å². The zero-order valence-electron chi connectivity index (χ0n) is 11.6. The summed E-state index contributed by atoms with van der Waals surface area (Å²) in [7, 11) is 0. The first-order valence-corrected chi connectivity index (χ1v) is 7.05. The van der Waals surface area contributed by atoms with Gasteiger partial charge in [-0.05, 0) is 63.1 Å². The van der Waals surface area contributed by atoms with Crippen molar-refractivity contribution in [2.75, 3.05) is 0 Å². The summed E-state index contributed by atoms with van der Waals surface area (Å²) in [5, 5.41) is 9.00. The fourth-order valence-electron chi connectivity index (χ4n) is 2.76. The van der Waals surface area contributed by atoms with Gasteiger partial charge >= 0.3 is 5.97 Å². The third kappa shape index (κ3) is 3.72. The Hall–Kier alpha value is -1.51. The van der Waals surface area contributed by atoms with E-state index in [4.69, 9.17) is 9.84 Å². The van der Waals surface area contributed by atoms with Crippen LogP contribution in [0.25, 0.3) is 0 Å². The molecule has 1 aromatic rings. The van der Waals surface area contributed by atoms with Crippen LogP contribution in [0.5, 0.6) is 5.75 Å². The minimum absolute atomic E-state index is 0.139. The molecule has 0 spiro atoms. The minimum Gasteiger partial charge on any atom is -0.491 e. The van der Waals surface area contributed by atoms with Gasteiger partial charge in [-0.2, -0.15) is 0 Å². The highest BCUT2D eigenvalue weighted by molar-refractivity contribution is 5.70. The molecule has 0 atom stereocenters. The van der Waals surface area contributed by atoms with Gasteiger partial charge in [0.15, 0.2) is 0 Å². The summed E-state index contributed by atoms with van der Waals surface area (Å²) in [6.45, 7) is 4.03. The van der Waals surface area contributed by atoms with Crippen LogP contribution in [0.1, 0.15) is 51.0 Å². The first-order chi connectivity index (χ1) is 9.06. The van der Waals surface area contributed by atoms with Crippen molar-refractivity contribution < 1.29 is 14.6 Å². The van der Waals surface area contributed by atoms with Crippen molar-refractivity contribution >= 4 is 5.97 Å². The van der Waals surface area contributed by atoms with Crippen molar-refractivity contribution in [3.63, 3.8) is 0 Å². The quantitative estimate of drug-likeness (QED) is 0.897. The van der Waals surface area contributed by atoms with Crippen LogP contribution >= 0.6 is 0 Å². The predicted octanol–water partition coefficient (Wildman–Crippen LogP) is 3.83. The van der Waals surface area contributed by atoms with Crippen LogP contribution in [0.4, 0.5) is 0 Å². The third-order valence-corrected chi connectivity index (χ3v) is 3.80. The molecule has 2 rings (SSSR count). The molecular weight excluding hydrogens is 240 g/mol. The maximum absolute atomic E-state index is 10.9. The van der Waals surface area contributed by atoms with E-state index in [1.54, 1.807) is 0 Å². The average Bonchev–Trinajstić information content (AvgIpc) is 2.39. The summed E-state index contributed by atoms with van der Waals surface area (Å²) >= 11 is 0. The van der Waals surface area contributed by atoms with E-state index in [0.29, 0.717) is 5.92 Å². The van der Waals surface area contributed by atoms with E-state index in [2.05, 4.69) is 12.1 Å². The van der Waals surface area contributed by atoms with Crippen molar-refractivity contribution in [3.8, 4) is 5.75 Å². The number of carboxylic acid groups (broad SMARTS) is 1. The van der Waals surface area contributed by atoms with E-state index in [0.717, 1.165) is 31.4 Å². The van der Waals surface area contributed by atoms with Crippen LogP contribution in [0.3, 0.4) is 0 Å². The van der Waals surface area contributed by atoms with Crippen molar-refractivity contribution in [3.05, 3.63) is 29.8 Å². The molecule has 104 valence electrons. The molecule has 0 unspecified atom stereocenters. The summed E-state index contributed by atoms with van der Waals surface area (Å²) in [6.07, 6.45) is 3.73. The van der Waals surface area contributed by atoms with E-state index in [-0.39, 0.29) is 12.0 Å². The van der Waals surface area contributed by atoms with E-state index in [1.165, 1.54) is 5.56 Å². The van der Waals surface area contributed by atoms with E-state index >= 15 is 0 Å². The summed E-state index contributed by atoms with van der Waals surface area (Å²) in [5.74, 6) is 0.626. The van der Waals surface area contributed by atoms with Crippen molar-refractivity contribution in [2.45, 2.75) is 51.6 Å². The minimum atomic E-state index is -0.640. The van der Waals surface area contributed by atoms with Gasteiger partial charge in [0.2, 0.25) is 0 Å². The lowest BCUT2D eigenvalue weighted by Gasteiger charge is -2.26. The second-order valence-electron chi connectivity index (χ2n) is 5.62. The maximum atomic E-state index is 10.9. The van der Waals surface area contributed by atoms with Crippen molar-refractivity contribution in [1.82, 2.24) is 0 Å². The zero-order chi connectivity index (χ0) is 13.8. The maximum Gasteiger partial charge on any atom is 0.306 e. The number of aliphatic carboxylic acids is 1. The second-order valence-corrected chi connectivity index (χ2v) is 5.62. The molecule has 1 aliphatic carbocycles. The fourth-order valence-corrected chi connectivity index (χ4v) is 2.76. The molecule has 0 saturated heterocycles. The van der Waals surface area contributed by atoms with Gasteiger partial charge in [-0.25, -0.2) is 0 Å². The Kier molecular flexibility index (Phi) is 4.46. The van der Waals surface area contributed by atoms with Gasteiger partial charge in [0.25, 0.3) is 0 Å². The largest absolute Gasteiger partial charge is 0.491 e. The van der Waals surface area contributed by atoms with Crippen LogP contribution in [0.2, 0.25) is 0 Å². The molecule has 1 aliphatic rings. The molecular formula is C16H22O3. The van der Waals surface area contributed by atoms with Crippen molar-refractivity contribution in [1.29, 1.82) is 0 Å². The Bertz CT molecular complexity index is 414. The lowest BCUT2D eigenvalue weighted by molar-refractivity contribution is -0.142. The lowest BCUT2D eigenvalue weighted by atomic mass is 9.79. The number of ether oxygens (including phenoxy) is 1. The molecule has 1 fully saturated rings. The van der Waals surface area contributed by atoms with Crippen molar-refractivity contribution in [2.24, 2.45) is 5.92 Å². The smallest absolute Gasteiger partial charge is 0.306 e. The van der Waals surface area contributed by atoms with Crippen LogP contribution in [0.15, 0.2) is 24.3 Å². The molecule has 0 aromatic heterocycles. The Labute approximate surface area is 114 Å². The predicted molar refractivity (Wildman–Crippen MR) is 74.5 cm³/mol. The molecule has 19 heavy (non-hydrogen) atoms. The van der Waals surface area contributed by atoms with E-state index in [1.807, 2.05) is 26.0 Å². The highest BCUT2D eigenvalue weighted by Crippen LogP contribution is 2.36. The Morgan fingerprint density at radius 3 is 2.21 bits per heavy atom. The van der Waals surface area contributed by atoms with Gasteiger partial charge in [-0.1, -0.05) is 12.1 Å². The summed E-state index contributed by atoms with van der Waals surface area (Å²) in [5.41, 5.74) is 1.31. The first-order valence-electron chi connectivity index (χ1n) is 7.05. The summed E-state index contributed by atoms with van der Waals surface area (Å²) in [4.78, 5) is 10.9. The molecule has 0 heterocycles. The van der Waals surface area contributed by atoms with Gasteiger partial charge in [-0.3, -0.25) is 4.79 Å². The molecule has 0 radical (unpaired) electrons. The summed E-state index contributed by atoms with van der Waals surface area (Å²) in [6, 6.07) is 8.25. The Balaban J connectivity index is 1.94. The van der Waals surface area contributed by atoms with Crippen LogP contribution in [-0.4, -0.2) is 17.2 Å². The number of carboxylic acids is 1. The highest BCUT2D eigenvalue weighted by Gasteiger charge is 2.26. The lowest BCUT2D eigenvalue weighted by Crippen LogP contribution is -2.20. The molecule has 1 saturated carbocycles. The summed E-state index contributed by atoms with van der Waals surface area (Å²) < 4.78 is 5.63. The van der Waals surface area contributed by atoms with Crippen LogP contribution < -0.4 is 4.74 Å². The normalized spacial score (nSPS) is 23.3. The number of hydrogen-bond acceptors (Lipinski definition) is 2. The van der Waals surface area contributed by atoms with Gasteiger partial charge in [0.05, 0.1) is 12.0 Å². The number of carbonyl (C=O) groups is 1. The molecule has 0 aliphatic heterocycles. The van der Waals surface area contributed by atoms with Gasteiger partial charge < -0.3 is 9.84 Å². The van der Waals surface area contributed by atoms with Gasteiger partial charge in [0.1, 0.15) is 5.75 Å². The van der Waals surface area contributed by atoms with Crippen LogP contribution in [0, 0.1) is 5.92 Å². The standard InChI is InChI=1S/C16H22O3/c1-11(2)19-15-9-7-13(8-10-15)12-3-5-14(6-4-12)16(17)18/h7-12,14H,3-6H2,1-2H3,(H,17,18). The Morgan fingerprint density at radius 1 is 1.16 bits per heavy atom. The molecule has 3 nitrogen and oxygen atoms in total. The number of rotatable bonds is 4.